The molecule has 1 aromatic rings. The van der Waals surface area contributed by atoms with E-state index in [9.17, 15) is 45.3 Å². The quantitative estimate of drug-likeness (QED) is 0.491. The van der Waals surface area contributed by atoms with Crippen LogP contribution < -0.4 is 0 Å². The van der Waals surface area contributed by atoms with Crippen molar-refractivity contribution < 1.29 is 58.9 Å². The summed E-state index contributed by atoms with van der Waals surface area (Å²) in [5.74, 6) is -9.52. The van der Waals surface area contributed by atoms with E-state index in [0.717, 1.165) is 0 Å². The van der Waals surface area contributed by atoms with E-state index < -0.39 is 44.0 Å². The Bertz CT molecular complexity index is 743. The standard InChI is InChI=1S/C14H11F6O7P/c1-2-9(8-6-4-3-5-7-8)10(21)25-28(24,26-11(22)13(15,16)17)27-12(23)14(18,19)20/h3-7,9H,2H2,1H3. The van der Waals surface area contributed by atoms with Gasteiger partial charge in [-0.1, -0.05) is 37.3 Å². The summed E-state index contributed by atoms with van der Waals surface area (Å²) in [5.41, 5.74) is 0.200. The molecule has 1 unspecified atom stereocenters. The van der Waals surface area contributed by atoms with Gasteiger partial charge in [0.1, 0.15) is 0 Å². The molecule has 1 aromatic carbocycles. The van der Waals surface area contributed by atoms with Crippen LogP contribution in [-0.2, 0) is 32.5 Å². The van der Waals surface area contributed by atoms with Gasteiger partial charge in [-0.2, -0.15) is 30.9 Å². The fourth-order valence-electron chi connectivity index (χ4n) is 1.76. The largest absolute Gasteiger partial charge is 0.654 e. The summed E-state index contributed by atoms with van der Waals surface area (Å²) >= 11 is 0. The van der Waals surface area contributed by atoms with E-state index in [2.05, 4.69) is 13.6 Å². The lowest BCUT2D eigenvalue weighted by Gasteiger charge is -2.20. The average molecular weight is 436 g/mol. The van der Waals surface area contributed by atoms with E-state index >= 15 is 0 Å². The van der Waals surface area contributed by atoms with Gasteiger partial charge in [0.25, 0.3) is 0 Å². The highest BCUT2D eigenvalue weighted by Crippen LogP contribution is 2.53. The van der Waals surface area contributed by atoms with Gasteiger partial charge in [0.15, 0.2) is 0 Å². The van der Waals surface area contributed by atoms with Crippen LogP contribution in [0.2, 0.25) is 0 Å². The van der Waals surface area contributed by atoms with Crippen molar-refractivity contribution >= 4 is 25.7 Å². The number of alkyl halides is 6. The van der Waals surface area contributed by atoms with Crippen LogP contribution in [0, 0.1) is 0 Å². The van der Waals surface area contributed by atoms with Crippen molar-refractivity contribution in [2.24, 2.45) is 0 Å². The molecule has 0 saturated heterocycles. The zero-order valence-electron chi connectivity index (χ0n) is 13.7. The summed E-state index contributed by atoms with van der Waals surface area (Å²) in [4.78, 5) is 33.8. The van der Waals surface area contributed by atoms with E-state index in [-0.39, 0.29) is 12.0 Å². The zero-order chi connectivity index (χ0) is 21.8. The first-order valence-corrected chi connectivity index (χ1v) is 8.65. The van der Waals surface area contributed by atoms with Gasteiger partial charge in [-0.15, -0.1) is 0 Å². The number of benzene rings is 1. The third-order valence-electron chi connectivity index (χ3n) is 2.95. The van der Waals surface area contributed by atoms with E-state index in [1.54, 1.807) is 6.07 Å². The second-order valence-electron chi connectivity index (χ2n) is 4.98. The zero-order valence-corrected chi connectivity index (χ0v) is 14.6. The van der Waals surface area contributed by atoms with Crippen LogP contribution in [0.4, 0.5) is 26.3 Å². The molecular weight excluding hydrogens is 425 g/mol. The Hall–Kier alpha value is -2.56. The lowest BCUT2D eigenvalue weighted by atomic mass is 9.97. The monoisotopic (exact) mass is 436 g/mol. The van der Waals surface area contributed by atoms with Crippen LogP contribution in [-0.4, -0.2) is 30.3 Å². The predicted molar refractivity (Wildman–Crippen MR) is 77.5 cm³/mol. The van der Waals surface area contributed by atoms with Crippen LogP contribution in [0.1, 0.15) is 24.8 Å². The minimum Gasteiger partial charge on any atom is -0.351 e. The van der Waals surface area contributed by atoms with Gasteiger partial charge < -0.3 is 13.6 Å². The minimum absolute atomic E-state index is 0.0940. The van der Waals surface area contributed by atoms with Gasteiger partial charge in [0.05, 0.1) is 5.92 Å². The molecule has 0 amide bonds. The van der Waals surface area contributed by atoms with Crippen molar-refractivity contribution in [2.45, 2.75) is 31.6 Å². The highest BCUT2D eigenvalue weighted by atomic mass is 31.2. The van der Waals surface area contributed by atoms with Gasteiger partial charge >= 0.3 is 38.1 Å². The minimum atomic E-state index is -6.26. The number of hydrogen-bond donors (Lipinski definition) is 0. The Morgan fingerprint density at radius 1 is 0.893 bits per heavy atom. The second-order valence-corrected chi connectivity index (χ2v) is 6.42. The number of phosphoric acid groups is 1. The third kappa shape index (κ3) is 6.55. The van der Waals surface area contributed by atoms with Crippen molar-refractivity contribution in [1.29, 1.82) is 0 Å². The molecule has 7 nitrogen and oxygen atoms in total. The van der Waals surface area contributed by atoms with Crippen LogP contribution in [0.5, 0.6) is 0 Å². The van der Waals surface area contributed by atoms with Crippen molar-refractivity contribution in [3.8, 4) is 0 Å². The molecular formula is C14H11F6O7P. The molecule has 0 saturated carbocycles. The van der Waals surface area contributed by atoms with E-state index in [1.807, 2.05) is 0 Å². The molecule has 14 heteroatoms. The summed E-state index contributed by atoms with van der Waals surface area (Å²) in [6.07, 6.45) is -11.7. The van der Waals surface area contributed by atoms with Crippen molar-refractivity contribution in [3.63, 3.8) is 0 Å². The Balaban J connectivity index is 3.16. The summed E-state index contributed by atoms with van der Waals surface area (Å²) in [5, 5.41) is 0. The fourth-order valence-corrected chi connectivity index (χ4v) is 2.83. The number of carbonyl (C=O) groups excluding carboxylic acids is 3. The highest BCUT2D eigenvalue weighted by Gasteiger charge is 2.53. The first-order chi connectivity index (χ1) is 12.7. The van der Waals surface area contributed by atoms with Crippen LogP contribution in [0.3, 0.4) is 0 Å². The highest BCUT2D eigenvalue weighted by molar-refractivity contribution is 7.50. The maximum atomic E-state index is 12.3. The van der Waals surface area contributed by atoms with Crippen molar-refractivity contribution in [1.82, 2.24) is 0 Å². The number of rotatable bonds is 6. The predicted octanol–water partition coefficient (Wildman–Crippen LogP) is 4.04. The Kier molecular flexibility index (Phi) is 7.24. The van der Waals surface area contributed by atoms with Gasteiger partial charge in [-0.3, -0.25) is 4.79 Å². The van der Waals surface area contributed by atoms with Crippen molar-refractivity contribution in [2.75, 3.05) is 0 Å². The molecule has 0 fully saturated rings. The van der Waals surface area contributed by atoms with Gasteiger partial charge in [-0.25, -0.2) is 9.59 Å². The molecule has 28 heavy (non-hydrogen) atoms. The summed E-state index contributed by atoms with van der Waals surface area (Å²) in [6, 6.07) is 7.19. The topological polar surface area (TPSA) is 96.0 Å². The SMILES string of the molecule is CCC(C(=O)OP(=O)(OC(=O)C(F)(F)F)OC(=O)C(F)(F)F)c1ccccc1. The molecule has 0 radical (unpaired) electrons. The molecule has 0 aromatic heterocycles. The Morgan fingerprint density at radius 3 is 1.68 bits per heavy atom. The summed E-state index contributed by atoms with van der Waals surface area (Å²) in [6.45, 7) is 1.40. The first-order valence-electron chi connectivity index (χ1n) is 7.19. The molecule has 0 bridgehead atoms. The number of hydrogen-bond acceptors (Lipinski definition) is 7. The third-order valence-corrected chi connectivity index (χ3v) is 4.13. The molecule has 0 aliphatic rings. The molecule has 0 aliphatic heterocycles. The average Bonchev–Trinajstić information content (AvgIpc) is 2.54. The van der Waals surface area contributed by atoms with Crippen LogP contribution in [0.25, 0.3) is 0 Å². The maximum absolute atomic E-state index is 12.3. The fraction of sp³-hybridized carbons (Fsp3) is 0.357. The van der Waals surface area contributed by atoms with Gasteiger partial charge in [0.2, 0.25) is 0 Å². The summed E-state index contributed by atoms with van der Waals surface area (Å²) in [7, 11) is -6.26. The summed E-state index contributed by atoms with van der Waals surface area (Å²) < 4.78 is 96.3. The molecule has 0 spiro atoms. The lowest BCUT2D eigenvalue weighted by Crippen LogP contribution is -2.30. The van der Waals surface area contributed by atoms with Gasteiger partial charge in [-0.05, 0) is 12.0 Å². The number of halogens is 6. The van der Waals surface area contributed by atoms with E-state index in [1.165, 1.54) is 31.2 Å². The Morgan fingerprint density at radius 2 is 1.32 bits per heavy atom. The number of carbonyl (C=O) groups is 3. The molecule has 0 heterocycles. The van der Waals surface area contributed by atoms with Crippen LogP contribution >= 0.6 is 7.82 Å². The second kappa shape index (κ2) is 8.63. The molecule has 0 N–H and O–H groups in total. The van der Waals surface area contributed by atoms with Crippen molar-refractivity contribution in [3.05, 3.63) is 35.9 Å². The maximum Gasteiger partial charge on any atom is 0.654 e. The van der Waals surface area contributed by atoms with E-state index in [4.69, 9.17) is 0 Å². The lowest BCUT2D eigenvalue weighted by molar-refractivity contribution is -0.198. The first kappa shape index (κ1) is 23.5. The van der Waals surface area contributed by atoms with Crippen LogP contribution in [0.15, 0.2) is 30.3 Å². The molecule has 156 valence electrons. The van der Waals surface area contributed by atoms with Gasteiger partial charge in [0, 0.05) is 0 Å². The Labute approximate surface area is 153 Å². The normalized spacial score (nSPS) is 13.4. The molecule has 0 aliphatic carbocycles. The molecule has 1 rings (SSSR count). The smallest absolute Gasteiger partial charge is 0.351 e. The molecule has 1 atom stereocenters. The van der Waals surface area contributed by atoms with E-state index in [0.29, 0.717) is 0 Å². The number of phosphoric ester groups is 1.